The molecule has 1 aromatic rings. The predicted molar refractivity (Wildman–Crippen MR) is 70.2 cm³/mol. The van der Waals surface area contributed by atoms with Crippen LogP contribution in [0.3, 0.4) is 0 Å². The highest BCUT2D eigenvalue weighted by molar-refractivity contribution is 5.42. The van der Waals surface area contributed by atoms with Crippen molar-refractivity contribution in [1.29, 1.82) is 0 Å². The molecule has 0 amide bonds. The van der Waals surface area contributed by atoms with Gasteiger partial charge in [-0.05, 0) is 51.3 Å². The molecule has 0 radical (unpaired) electrons. The summed E-state index contributed by atoms with van der Waals surface area (Å²) < 4.78 is 0. The maximum absolute atomic E-state index is 4.34. The summed E-state index contributed by atoms with van der Waals surface area (Å²) in [5.41, 5.74) is 2.26. The van der Waals surface area contributed by atoms with Crippen molar-refractivity contribution >= 4 is 5.69 Å². The van der Waals surface area contributed by atoms with Gasteiger partial charge in [-0.25, -0.2) is 0 Å². The zero-order chi connectivity index (χ0) is 11.7. The Morgan fingerprint density at radius 3 is 3.06 bits per heavy atom. The Balaban J connectivity index is 1.60. The Kier molecular flexibility index (Phi) is 3.02. The van der Waals surface area contributed by atoms with Gasteiger partial charge in [0.05, 0.1) is 11.9 Å². The van der Waals surface area contributed by atoms with Crippen molar-refractivity contribution in [3.63, 3.8) is 0 Å². The fraction of sp³-hybridized carbons (Fsp3) is 0.643. The average Bonchev–Trinajstić information content (AvgIpc) is 2.79. The Bertz CT molecular complexity index is 374. The Hall–Kier alpha value is -1.09. The van der Waals surface area contributed by atoms with E-state index < -0.39 is 0 Å². The first-order valence-electron chi connectivity index (χ1n) is 6.74. The molecule has 1 N–H and O–H groups in total. The van der Waals surface area contributed by atoms with E-state index in [0.717, 1.165) is 11.7 Å². The first kappa shape index (κ1) is 11.0. The maximum Gasteiger partial charge on any atom is 0.0529 e. The molecule has 0 aromatic carbocycles. The second-order valence-electron chi connectivity index (χ2n) is 5.39. The smallest absolute Gasteiger partial charge is 0.0529 e. The summed E-state index contributed by atoms with van der Waals surface area (Å²) in [5.74, 6) is 0. The van der Waals surface area contributed by atoms with Crippen LogP contribution in [0.15, 0.2) is 18.3 Å². The highest BCUT2D eigenvalue weighted by Crippen LogP contribution is 2.28. The molecule has 17 heavy (non-hydrogen) atoms. The highest BCUT2D eigenvalue weighted by atomic mass is 15.2. The van der Waals surface area contributed by atoms with E-state index in [2.05, 4.69) is 27.3 Å². The maximum atomic E-state index is 4.34. The molecule has 2 saturated heterocycles. The standard InChI is InChI=1S/C14H21N3/c1-11-4-5-13(10-15-11)16-12-6-8-17-7-2-3-14(17)9-12/h4-5,10,12,14,16H,2-3,6-9H2,1H3. The van der Waals surface area contributed by atoms with Crippen LogP contribution >= 0.6 is 0 Å². The van der Waals surface area contributed by atoms with Crippen LogP contribution in [0, 0.1) is 6.92 Å². The number of hydrogen-bond donors (Lipinski definition) is 1. The van der Waals surface area contributed by atoms with Crippen molar-refractivity contribution < 1.29 is 0 Å². The van der Waals surface area contributed by atoms with Crippen LogP contribution in [0.2, 0.25) is 0 Å². The molecular formula is C14H21N3. The molecule has 3 rings (SSSR count). The lowest BCUT2D eigenvalue weighted by atomic mass is 9.97. The normalized spacial score (nSPS) is 29.0. The number of anilines is 1. The van der Waals surface area contributed by atoms with E-state index in [4.69, 9.17) is 0 Å². The largest absolute Gasteiger partial charge is 0.381 e. The minimum atomic E-state index is 0.638. The lowest BCUT2D eigenvalue weighted by molar-refractivity contribution is 0.188. The predicted octanol–water partition coefficient (Wildman–Crippen LogP) is 2.43. The second-order valence-corrected chi connectivity index (χ2v) is 5.39. The van der Waals surface area contributed by atoms with Crippen LogP contribution in [0.5, 0.6) is 0 Å². The molecule has 1 aromatic heterocycles. The number of hydrogen-bond acceptors (Lipinski definition) is 3. The van der Waals surface area contributed by atoms with E-state index in [-0.39, 0.29) is 0 Å². The molecule has 3 nitrogen and oxygen atoms in total. The van der Waals surface area contributed by atoms with E-state index >= 15 is 0 Å². The third-order valence-electron chi connectivity index (χ3n) is 4.10. The highest BCUT2D eigenvalue weighted by Gasteiger charge is 2.31. The van der Waals surface area contributed by atoms with Gasteiger partial charge in [0.1, 0.15) is 0 Å². The number of nitrogens with zero attached hydrogens (tertiary/aromatic N) is 2. The Labute approximate surface area is 103 Å². The van der Waals surface area contributed by atoms with Crippen LogP contribution in [0.4, 0.5) is 5.69 Å². The Morgan fingerprint density at radius 2 is 2.24 bits per heavy atom. The van der Waals surface area contributed by atoms with Crippen LogP contribution in [0.1, 0.15) is 31.4 Å². The van der Waals surface area contributed by atoms with Gasteiger partial charge in [0.25, 0.3) is 0 Å². The van der Waals surface area contributed by atoms with Crippen LogP contribution in [0.25, 0.3) is 0 Å². The van der Waals surface area contributed by atoms with Crippen molar-refractivity contribution in [2.75, 3.05) is 18.4 Å². The number of aryl methyl sites for hydroxylation is 1. The number of pyridine rings is 1. The molecule has 0 saturated carbocycles. The van der Waals surface area contributed by atoms with E-state index in [1.165, 1.54) is 44.5 Å². The molecular weight excluding hydrogens is 210 g/mol. The fourth-order valence-electron chi connectivity index (χ4n) is 3.14. The quantitative estimate of drug-likeness (QED) is 0.847. The zero-order valence-corrected chi connectivity index (χ0v) is 10.5. The monoisotopic (exact) mass is 231 g/mol. The molecule has 3 heterocycles. The van der Waals surface area contributed by atoms with E-state index in [1.54, 1.807) is 0 Å². The molecule has 2 unspecified atom stereocenters. The summed E-state index contributed by atoms with van der Waals surface area (Å²) in [6, 6.07) is 5.69. The van der Waals surface area contributed by atoms with Gasteiger partial charge in [-0.1, -0.05) is 0 Å². The molecule has 2 aliphatic heterocycles. The van der Waals surface area contributed by atoms with E-state index in [1.807, 2.05) is 13.1 Å². The lowest BCUT2D eigenvalue weighted by Crippen LogP contribution is -2.42. The molecule has 2 aliphatic rings. The molecule has 92 valence electrons. The summed E-state index contributed by atoms with van der Waals surface area (Å²) in [4.78, 5) is 7.00. The molecule has 2 fully saturated rings. The van der Waals surface area contributed by atoms with E-state index in [0.29, 0.717) is 6.04 Å². The number of fused-ring (bicyclic) bond motifs is 1. The Morgan fingerprint density at radius 1 is 1.29 bits per heavy atom. The van der Waals surface area contributed by atoms with Crippen molar-refractivity contribution in [3.05, 3.63) is 24.0 Å². The van der Waals surface area contributed by atoms with Crippen molar-refractivity contribution in [2.24, 2.45) is 0 Å². The molecule has 2 atom stereocenters. The van der Waals surface area contributed by atoms with Crippen molar-refractivity contribution in [2.45, 2.75) is 44.7 Å². The van der Waals surface area contributed by atoms with Crippen molar-refractivity contribution in [3.8, 4) is 0 Å². The summed E-state index contributed by atoms with van der Waals surface area (Å²) in [7, 11) is 0. The zero-order valence-electron chi connectivity index (χ0n) is 10.5. The summed E-state index contributed by atoms with van der Waals surface area (Å²) in [6.07, 6.45) is 7.31. The third kappa shape index (κ3) is 2.44. The lowest BCUT2D eigenvalue weighted by Gasteiger charge is -2.35. The van der Waals surface area contributed by atoms with Crippen LogP contribution in [-0.4, -0.2) is 35.1 Å². The van der Waals surface area contributed by atoms with Crippen LogP contribution < -0.4 is 5.32 Å². The topological polar surface area (TPSA) is 28.2 Å². The average molecular weight is 231 g/mol. The summed E-state index contributed by atoms with van der Waals surface area (Å²) >= 11 is 0. The van der Waals surface area contributed by atoms with Crippen LogP contribution in [-0.2, 0) is 0 Å². The first-order valence-corrected chi connectivity index (χ1v) is 6.74. The SMILES string of the molecule is Cc1ccc(NC2CCN3CCCC3C2)cn1. The van der Waals surface area contributed by atoms with Crippen molar-refractivity contribution in [1.82, 2.24) is 9.88 Å². The number of piperidine rings is 1. The van der Waals surface area contributed by atoms with Gasteiger partial charge < -0.3 is 10.2 Å². The number of rotatable bonds is 2. The van der Waals surface area contributed by atoms with Gasteiger partial charge in [-0.3, -0.25) is 4.98 Å². The van der Waals surface area contributed by atoms with Gasteiger partial charge in [0.15, 0.2) is 0 Å². The molecule has 0 bridgehead atoms. The van der Waals surface area contributed by atoms with Gasteiger partial charge in [-0.2, -0.15) is 0 Å². The third-order valence-corrected chi connectivity index (χ3v) is 4.10. The first-order chi connectivity index (χ1) is 8.31. The minimum absolute atomic E-state index is 0.638. The minimum Gasteiger partial charge on any atom is -0.381 e. The van der Waals surface area contributed by atoms with Gasteiger partial charge in [0.2, 0.25) is 0 Å². The summed E-state index contributed by atoms with van der Waals surface area (Å²) in [5, 5.41) is 3.63. The summed E-state index contributed by atoms with van der Waals surface area (Å²) in [6.45, 7) is 4.62. The molecule has 3 heteroatoms. The number of nitrogens with one attached hydrogen (secondary N) is 1. The van der Waals surface area contributed by atoms with Gasteiger partial charge in [0, 0.05) is 24.3 Å². The number of aromatic nitrogens is 1. The van der Waals surface area contributed by atoms with Gasteiger partial charge in [-0.15, -0.1) is 0 Å². The molecule has 0 spiro atoms. The fourth-order valence-corrected chi connectivity index (χ4v) is 3.14. The second kappa shape index (κ2) is 4.65. The molecule has 0 aliphatic carbocycles. The van der Waals surface area contributed by atoms with E-state index in [9.17, 15) is 0 Å². The van der Waals surface area contributed by atoms with Gasteiger partial charge >= 0.3 is 0 Å².